The van der Waals surface area contributed by atoms with E-state index in [1.54, 1.807) is 17.8 Å². The fraction of sp³-hybridized carbons (Fsp3) is 0.143. The molecule has 2 aromatic carbocycles. The lowest BCUT2D eigenvalue weighted by atomic mass is 10.2. The first-order chi connectivity index (χ1) is 8.70. The van der Waals surface area contributed by atoms with Gasteiger partial charge in [-0.05, 0) is 29.3 Å². The molecule has 0 unspecified atom stereocenters. The standard InChI is InChI=1S/C14H12Cl2OS/c15-12-6-5-10(8-17)14(7-12)18-9-11-3-1-2-4-13(11)16/h1-7,17H,8-9H2. The summed E-state index contributed by atoms with van der Waals surface area (Å²) in [5.74, 6) is 0.757. The molecule has 0 heterocycles. The van der Waals surface area contributed by atoms with Gasteiger partial charge >= 0.3 is 0 Å². The number of benzene rings is 2. The molecular formula is C14H12Cl2OS. The normalized spacial score (nSPS) is 10.6. The van der Waals surface area contributed by atoms with E-state index in [1.165, 1.54) is 0 Å². The maximum atomic E-state index is 9.28. The van der Waals surface area contributed by atoms with E-state index in [-0.39, 0.29) is 6.61 Å². The van der Waals surface area contributed by atoms with Gasteiger partial charge in [0, 0.05) is 20.7 Å². The first-order valence-electron chi connectivity index (χ1n) is 5.46. The first-order valence-corrected chi connectivity index (χ1v) is 7.20. The average Bonchev–Trinajstić information content (AvgIpc) is 2.38. The van der Waals surface area contributed by atoms with Crippen LogP contribution in [-0.2, 0) is 12.4 Å². The SMILES string of the molecule is OCc1ccc(Cl)cc1SCc1ccccc1Cl. The summed E-state index contributed by atoms with van der Waals surface area (Å²) in [6, 6.07) is 13.3. The number of thioether (sulfide) groups is 1. The third kappa shape index (κ3) is 3.42. The molecule has 0 atom stereocenters. The Balaban J connectivity index is 2.15. The molecule has 1 nitrogen and oxygen atoms in total. The van der Waals surface area contributed by atoms with E-state index in [9.17, 15) is 5.11 Å². The van der Waals surface area contributed by atoms with Crippen molar-refractivity contribution in [2.24, 2.45) is 0 Å². The fourth-order valence-electron chi connectivity index (χ4n) is 1.56. The van der Waals surface area contributed by atoms with Gasteiger partial charge in [0.25, 0.3) is 0 Å². The molecular weight excluding hydrogens is 287 g/mol. The lowest BCUT2D eigenvalue weighted by molar-refractivity contribution is 0.279. The zero-order valence-corrected chi connectivity index (χ0v) is 11.9. The Bertz CT molecular complexity index is 543. The minimum atomic E-state index is 0.0159. The largest absolute Gasteiger partial charge is 0.392 e. The molecule has 0 aliphatic heterocycles. The maximum Gasteiger partial charge on any atom is 0.0692 e. The molecule has 0 aliphatic carbocycles. The minimum Gasteiger partial charge on any atom is -0.392 e. The van der Waals surface area contributed by atoms with E-state index in [1.807, 2.05) is 36.4 Å². The summed E-state index contributed by atoms with van der Waals surface area (Å²) < 4.78 is 0. The van der Waals surface area contributed by atoms with E-state index >= 15 is 0 Å². The van der Waals surface area contributed by atoms with Crippen molar-refractivity contribution in [1.82, 2.24) is 0 Å². The third-order valence-electron chi connectivity index (χ3n) is 2.54. The average molecular weight is 299 g/mol. The van der Waals surface area contributed by atoms with Gasteiger partial charge in [0.15, 0.2) is 0 Å². The van der Waals surface area contributed by atoms with Crippen LogP contribution in [0.5, 0.6) is 0 Å². The van der Waals surface area contributed by atoms with E-state index in [2.05, 4.69) is 0 Å². The van der Waals surface area contributed by atoms with Crippen LogP contribution >= 0.6 is 35.0 Å². The Morgan fingerprint density at radius 3 is 2.50 bits per heavy atom. The minimum absolute atomic E-state index is 0.0159. The number of hydrogen-bond donors (Lipinski definition) is 1. The summed E-state index contributed by atoms with van der Waals surface area (Å²) in [5, 5.41) is 10.7. The molecule has 0 bridgehead atoms. The maximum absolute atomic E-state index is 9.28. The molecule has 94 valence electrons. The van der Waals surface area contributed by atoms with Gasteiger partial charge in [-0.15, -0.1) is 11.8 Å². The molecule has 1 N–H and O–H groups in total. The lowest BCUT2D eigenvalue weighted by Crippen LogP contribution is -1.89. The molecule has 18 heavy (non-hydrogen) atoms. The first kappa shape index (κ1) is 13.8. The van der Waals surface area contributed by atoms with E-state index < -0.39 is 0 Å². The second kappa shape index (κ2) is 6.48. The molecule has 0 spiro atoms. The summed E-state index contributed by atoms with van der Waals surface area (Å²) in [5.41, 5.74) is 1.96. The second-order valence-corrected chi connectivity index (χ2v) is 5.65. The van der Waals surface area contributed by atoms with Crippen molar-refractivity contribution < 1.29 is 5.11 Å². The Kier molecular flexibility index (Phi) is 4.95. The molecule has 0 fully saturated rings. The molecule has 4 heteroatoms. The summed E-state index contributed by atoms with van der Waals surface area (Å²) in [6.45, 7) is 0.0159. The molecule has 0 saturated heterocycles. The van der Waals surface area contributed by atoms with Crippen LogP contribution in [0.15, 0.2) is 47.4 Å². The van der Waals surface area contributed by atoms with Gasteiger partial charge in [0.2, 0.25) is 0 Å². The fourth-order valence-corrected chi connectivity index (χ4v) is 3.17. The lowest BCUT2D eigenvalue weighted by Gasteiger charge is -2.08. The Morgan fingerprint density at radius 1 is 1.00 bits per heavy atom. The molecule has 2 aromatic rings. The predicted octanol–water partition coefficient (Wildman–Crippen LogP) is 4.78. The van der Waals surface area contributed by atoms with Gasteiger partial charge in [-0.25, -0.2) is 0 Å². The van der Waals surface area contributed by atoms with Crippen LogP contribution in [0, 0.1) is 0 Å². The van der Waals surface area contributed by atoms with Gasteiger partial charge in [0.1, 0.15) is 0 Å². The highest BCUT2D eigenvalue weighted by Crippen LogP contribution is 2.31. The van der Waals surface area contributed by atoms with E-state index in [0.29, 0.717) is 5.02 Å². The van der Waals surface area contributed by atoms with E-state index in [4.69, 9.17) is 23.2 Å². The van der Waals surface area contributed by atoms with Crippen molar-refractivity contribution in [3.05, 3.63) is 63.6 Å². The zero-order chi connectivity index (χ0) is 13.0. The topological polar surface area (TPSA) is 20.2 Å². The monoisotopic (exact) mass is 298 g/mol. The van der Waals surface area contributed by atoms with Crippen LogP contribution in [0.1, 0.15) is 11.1 Å². The van der Waals surface area contributed by atoms with Crippen LogP contribution in [-0.4, -0.2) is 5.11 Å². The van der Waals surface area contributed by atoms with Crippen molar-refractivity contribution in [1.29, 1.82) is 0 Å². The van der Waals surface area contributed by atoms with Crippen molar-refractivity contribution in [2.75, 3.05) is 0 Å². The summed E-state index contributed by atoms with van der Waals surface area (Å²) >= 11 is 13.7. The Hall–Kier alpha value is -0.670. The summed E-state index contributed by atoms with van der Waals surface area (Å²) in [6.07, 6.45) is 0. The number of aliphatic hydroxyl groups excluding tert-OH is 1. The molecule has 0 aromatic heterocycles. The quantitative estimate of drug-likeness (QED) is 0.820. The highest BCUT2D eigenvalue weighted by molar-refractivity contribution is 7.98. The van der Waals surface area contributed by atoms with Crippen molar-refractivity contribution in [3.8, 4) is 0 Å². The molecule has 0 saturated carbocycles. The second-order valence-electron chi connectivity index (χ2n) is 3.79. The van der Waals surface area contributed by atoms with Gasteiger partial charge in [-0.1, -0.05) is 47.5 Å². The number of halogens is 2. The molecule has 2 rings (SSSR count). The Morgan fingerprint density at radius 2 is 1.78 bits per heavy atom. The highest BCUT2D eigenvalue weighted by atomic mass is 35.5. The number of hydrogen-bond acceptors (Lipinski definition) is 2. The van der Waals surface area contributed by atoms with Gasteiger partial charge in [0.05, 0.1) is 6.61 Å². The smallest absolute Gasteiger partial charge is 0.0692 e. The summed E-state index contributed by atoms with van der Waals surface area (Å²) in [4.78, 5) is 0.991. The molecule has 0 aliphatic rings. The van der Waals surface area contributed by atoms with Gasteiger partial charge < -0.3 is 5.11 Å². The summed E-state index contributed by atoms with van der Waals surface area (Å²) in [7, 11) is 0. The zero-order valence-electron chi connectivity index (χ0n) is 9.57. The van der Waals surface area contributed by atoms with Crippen molar-refractivity contribution in [3.63, 3.8) is 0 Å². The van der Waals surface area contributed by atoms with Crippen LogP contribution < -0.4 is 0 Å². The van der Waals surface area contributed by atoms with Crippen molar-refractivity contribution >= 4 is 35.0 Å². The third-order valence-corrected chi connectivity index (χ3v) is 4.29. The number of rotatable bonds is 4. The van der Waals surface area contributed by atoms with Crippen LogP contribution in [0.25, 0.3) is 0 Å². The van der Waals surface area contributed by atoms with Crippen LogP contribution in [0.2, 0.25) is 10.0 Å². The Labute approximate surface area is 121 Å². The van der Waals surface area contributed by atoms with Gasteiger partial charge in [-0.2, -0.15) is 0 Å². The number of aliphatic hydroxyl groups is 1. The van der Waals surface area contributed by atoms with E-state index in [0.717, 1.165) is 26.8 Å². The van der Waals surface area contributed by atoms with Crippen LogP contribution in [0.3, 0.4) is 0 Å². The predicted molar refractivity (Wildman–Crippen MR) is 78.4 cm³/mol. The van der Waals surface area contributed by atoms with Crippen LogP contribution in [0.4, 0.5) is 0 Å². The highest BCUT2D eigenvalue weighted by Gasteiger charge is 2.05. The molecule has 0 amide bonds. The van der Waals surface area contributed by atoms with Gasteiger partial charge in [-0.3, -0.25) is 0 Å². The molecule has 0 radical (unpaired) electrons. The van der Waals surface area contributed by atoms with Crippen molar-refractivity contribution in [2.45, 2.75) is 17.3 Å².